The fraction of sp³-hybridized carbons (Fsp3) is 0.500. The van der Waals surface area contributed by atoms with Crippen LogP contribution in [-0.2, 0) is 14.8 Å². The predicted molar refractivity (Wildman–Crippen MR) is 73.2 cm³/mol. The van der Waals surface area contributed by atoms with Crippen LogP contribution in [0.3, 0.4) is 0 Å². The normalized spacial score (nSPS) is 20.4. The van der Waals surface area contributed by atoms with E-state index < -0.39 is 32.6 Å². The summed E-state index contributed by atoms with van der Waals surface area (Å²) in [4.78, 5) is 10.6. The van der Waals surface area contributed by atoms with Gasteiger partial charge in [0, 0.05) is 19.0 Å². The molecule has 116 valence electrons. The number of hydrogen-bond acceptors (Lipinski definition) is 3. The number of benzene rings is 1. The number of Topliss-reactive ketones (excluding diaryl/α,β-unsaturated/α-hetero) is 1. The molecule has 21 heavy (non-hydrogen) atoms. The maximum atomic E-state index is 13.8. The molecule has 1 aliphatic heterocycles. The van der Waals surface area contributed by atoms with E-state index in [9.17, 15) is 22.0 Å². The van der Waals surface area contributed by atoms with Gasteiger partial charge in [0.15, 0.2) is 0 Å². The summed E-state index contributed by atoms with van der Waals surface area (Å²) in [5.41, 5.74) is 0. The number of hydrogen-bond donors (Lipinski definition) is 0. The van der Waals surface area contributed by atoms with Crippen LogP contribution in [0.1, 0.15) is 32.6 Å². The summed E-state index contributed by atoms with van der Waals surface area (Å²) in [7, 11) is -4.14. The third-order valence-electron chi connectivity index (χ3n) is 3.58. The van der Waals surface area contributed by atoms with E-state index in [0.717, 1.165) is 22.9 Å². The van der Waals surface area contributed by atoms with Crippen molar-refractivity contribution in [2.24, 2.45) is 0 Å². The quantitative estimate of drug-likeness (QED) is 0.857. The van der Waals surface area contributed by atoms with Crippen LogP contribution in [0.15, 0.2) is 23.1 Å². The van der Waals surface area contributed by atoms with Crippen molar-refractivity contribution in [1.82, 2.24) is 4.31 Å². The molecule has 1 aromatic carbocycles. The third kappa shape index (κ3) is 3.47. The van der Waals surface area contributed by atoms with Gasteiger partial charge in [0.05, 0.1) is 0 Å². The Morgan fingerprint density at radius 3 is 2.71 bits per heavy atom. The average molecular weight is 317 g/mol. The number of halogens is 2. The van der Waals surface area contributed by atoms with Crippen LogP contribution >= 0.6 is 0 Å². The first-order chi connectivity index (χ1) is 9.82. The smallest absolute Gasteiger partial charge is 0.246 e. The van der Waals surface area contributed by atoms with Gasteiger partial charge in [-0.25, -0.2) is 17.2 Å². The van der Waals surface area contributed by atoms with Gasteiger partial charge in [0.1, 0.15) is 22.3 Å². The van der Waals surface area contributed by atoms with E-state index in [4.69, 9.17) is 0 Å². The molecule has 1 aromatic rings. The Morgan fingerprint density at radius 1 is 1.33 bits per heavy atom. The Kier molecular flexibility index (Phi) is 4.73. The maximum Gasteiger partial charge on any atom is 0.246 e. The van der Waals surface area contributed by atoms with Gasteiger partial charge in [-0.3, -0.25) is 4.79 Å². The van der Waals surface area contributed by atoms with Gasteiger partial charge >= 0.3 is 0 Å². The first-order valence-corrected chi connectivity index (χ1v) is 8.22. The minimum atomic E-state index is -4.14. The number of nitrogens with zero attached hydrogens (tertiary/aromatic N) is 1. The molecule has 0 aliphatic carbocycles. The summed E-state index contributed by atoms with van der Waals surface area (Å²) in [6, 6.07) is 1.87. The second-order valence-corrected chi connectivity index (χ2v) is 7.11. The third-order valence-corrected chi connectivity index (χ3v) is 5.54. The van der Waals surface area contributed by atoms with E-state index in [1.807, 2.05) is 0 Å². The van der Waals surface area contributed by atoms with Crippen LogP contribution in [0.25, 0.3) is 0 Å². The molecule has 0 aromatic heterocycles. The van der Waals surface area contributed by atoms with Crippen LogP contribution in [0.5, 0.6) is 0 Å². The van der Waals surface area contributed by atoms with Gasteiger partial charge in [-0.05, 0) is 38.0 Å². The highest BCUT2D eigenvalue weighted by molar-refractivity contribution is 7.89. The number of sulfonamides is 1. The van der Waals surface area contributed by atoms with Crippen molar-refractivity contribution in [3.05, 3.63) is 29.8 Å². The molecule has 0 saturated carbocycles. The average Bonchev–Trinajstić information content (AvgIpc) is 2.41. The van der Waals surface area contributed by atoms with Crippen molar-refractivity contribution in [2.45, 2.75) is 43.5 Å². The minimum Gasteiger partial charge on any atom is -0.300 e. The monoisotopic (exact) mass is 317 g/mol. The fourth-order valence-corrected chi connectivity index (χ4v) is 4.40. The highest BCUT2D eigenvalue weighted by atomic mass is 32.2. The molecule has 1 unspecified atom stereocenters. The van der Waals surface area contributed by atoms with E-state index >= 15 is 0 Å². The van der Waals surface area contributed by atoms with E-state index in [1.54, 1.807) is 0 Å². The largest absolute Gasteiger partial charge is 0.300 e. The lowest BCUT2D eigenvalue weighted by molar-refractivity contribution is -0.118. The van der Waals surface area contributed by atoms with Gasteiger partial charge in [0.2, 0.25) is 10.0 Å². The molecule has 0 amide bonds. The lowest BCUT2D eigenvalue weighted by atomic mass is 10.0. The van der Waals surface area contributed by atoms with Gasteiger partial charge in [-0.15, -0.1) is 0 Å². The van der Waals surface area contributed by atoms with Crippen LogP contribution in [0, 0.1) is 11.6 Å². The van der Waals surface area contributed by atoms with Crippen LogP contribution in [-0.4, -0.2) is 31.1 Å². The van der Waals surface area contributed by atoms with Crippen LogP contribution in [0.4, 0.5) is 8.78 Å². The SMILES string of the molecule is CC(=O)CC1CCCCN1S(=O)(=O)c1cc(F)ccc1F. The second-order valence-electron chi connectivity index (χ2n) is 5.25. The molecule has 2 rings (SSSR count). The zero-order valence-electron chi connectivity index (χ0n) is 11.7. The Bertz CT molecular complexity index is 646. The van der Waals surface area contributed by atoms with Crippen molar-refractivity contribution in [2.75, 3.05) is 6.54 Å². The van der Waals surface area contributed by atoms with Gasteiger partial charge < -0.3 is 0 Å². The number of carbonyl (C=O) groups excluding carboxylic acids is 1. The summed E-state index contributed by atoms with van der Waals surface area (Å²) >= 11 is 0. The molecular formula is C14H17F2NO3S. The van der Waals surface area contributed by atoms with E-state index in [0.29, 0.717) is 18.9 Å². The molecule has 1 heterocycles. The molecule has 0 spiro atoms. The molecular weight excluding hydrogens is 300 g/mol. The Balaban J connectivity index is 2.40. The van der Waals surface area contributed by atoms with Crippen molar-refractivity contribution < 1.29 is 22.0 Å². The summed E-state index contributed by atoms with van der Waals surface area (Å²) in [5.74, 6) is -1.92. The number of ketones is 1. The summed E-state index contributed by atoms with van der Waals surface area (Å²) in [5, 5.41) is 0. The molecule has 0 N–H and O–H groups in total. The van der Waals surface area contributed by atoms with Crippen molar-refractivity contribution in [3.63, 3.8) is 0 Å². The summed E-state index contributed by atoms with van der Waals surface area (Å²) in [6.45, 7) is 1.61. The summed E-state index contributed by atoms with van der Waals surface area (Å²) < 4.78 is 53.3. The molecule has 1 aliphatic rings. The van der Waals surface area contributed by atoms with Gasteiger partial charge in [-0.2, -0.15) is 4.31 Å². The first kappa shape index (κ1) is 16.0. The topological polar surface area (TPSA) is 54.5 Å². The lowest BCUT2D eigenvalue weighted by Gasteiger charge is -2.34. The molecule has 7 heteroatoms. The van der Waals surface area contributed by atoms with E-state index in [-0.39, 0.29) is 18.7 Å². The minimum absolute atomic E-state index is 0.0934. The predicted octanol–water partition coefficient (Wildman–Crippen LogP) is 2.49. The number of carbonyl (C=O) groups is 1. The Morgan fingerprint density at radius 2 is 2.05 bits per heavy atom. The zero-order chi connectivity index (χ0) is 15.6. The number of rotatable bonds is 4. The van der Waals surface area contributed by atoms with Crippen LogP contribution in [0.2, 0.25) is 0 Å². The standard InChI is InChI=1S/C14H17F2NO3S/c1-10(18)8-12-4-2-3-7-17(12)21(19,20)14-9-11(15)5-6-13(14)16/h5-6,9,12H,2-4,7-8H2,1H3. The van der Waals surface area contributed by atoms with E-state index in [1.165, 1.54) is 6.92 Å². The second kappa shape index (κ2) is 6.19. The lowest BCUT2D eigenvalue weighted by Crippen LogP contribution is -2.44. The van der Waals surface area contributed by atoms with Gasteiger partial charge in [-0.1, -0.05) is 6.42 Å². The van der Waals surface area contributed by atoms with E-state index in [2.05, 4.69) is 0 Å². The Hall–Kier alpha value is -1.34. The van der Waals surface area contributed by atoms with Gasteiger partial charge in [0.25, 0.3) is 0 Å². The van der Waals surface area contributed by atoms with Crippen molar-refractivity contribution in [1.29, 1.82) is 0 Å². The molecule has 1 saturated heterocycles. The molecule has 0 bridgehead atoms. The first-order valence-electron chi connectivity index (χ1n) is 6.78. The highest BCUT2D eigenvalue weighted by Crippen LogP contribution is 2.28. The van der Waals surface area contributed by atoms with Crippen molar-refractivity contribution in [3.8, 4) is 0 Å². The van der Waals surface area contributed by atoms with Crippen LogP contribution < -0.4 is 0 Å². The molecule has 0 radical (unpaired) electrons. The molecule has 1 atom stereocenters. The zero-order valence-corrected chi connectivity index (χ0v) is 12.5. The van der Waals surface area contributed by atoms with Crippen molar-refractivity contribution >= 4 is 15.8 Å². The molecule has 1 fully saturated rings. The summed E-state index contributed by atoms with van der Waals surface area (Å²) in [6.07, 6.45) is 2.10. The number of piperidine rings is 1. The highest BCUT2D eigenvalue weighted by Gasteiger charge is 2.35. The molecule has 4 nitrogen and oxygen atoms in total. The Labute approximate surface area is 122 Å². The maximum absolute atomic E-state index is 13.8. The fourth-order valence-electron chi connectivity index (χ4n) is 2.63.